The molecule has 0 atom stereocenters. The van der Waals surface area contributed by atoms with E-state index in [0.717, 1.165) is 19.5 Å². The number of nitrogens with two attached hydrogens (primary N) is 1. The van der Waals surface area contributed by atoms with E-state index in [0.29, 0.717) is 19.5 Å². The molecule has 0 aliphatic rings. The lowest BCUT2D eigenvalue weighted by molar-refractivity contribution is -0.150. The molecule has 0 heterocycles. The first-order valence-electron chi connectivity index (χ1n) is 4.60. The second kappa shape index (κ2) is 8.46. The van der Waals surface area contributed by atoms with Gasteiger partial charge in [0.15, 0.2) is 0 Å². The molecule has 0 aromatic heterocycles. The van der Waals surface area contributed by atoms with Gasteiger partial charge in [0, 0.05) is 6.54 Å². The largest absolute Gasteiger partial charge is 0.474 e. The van der Waals surface area contributed by atoms with Gasteiger partial charge < -0.3 is 21.5 Å². The van der Waals surface area contributed by atoms with Crippen LogP contribution in [-0.2, 0) is 9.59 Å². The SMILES string of the molecule is NCCCNCCCNC(=O)C(=O)O. The van der Waals surface area contributed by atoms with Gasteiger partial charge in [0.1, 0.15) is 0 Å². The van der Waals surface area contributed by atoms with Crippen molar-refractivity contribution in [2.24, 2.45) is 5.73 Å². The maximum absolute atomic E-state index is 10.5. The van der Waals surface area contributed by atoms with Crippen LogP contribution in [0.1, 0.15) is 12.8 Å². The minimum absolute atomic E-state index is 0.376. The van der Waals surface area contributed by atoms with E-state index in [9.17, 15) is 9.59 Å². The summed E-state index contributed by atoms with van der Waals surface area (Å²) in [4.78, 5) is 20.6. The van der Waals surface area contributed by atoms with Crippen LogP contribution in [0.3, 0.4) is 0 Å². The third kappa shape index (κ3) is 7.51. The van der Waals surface area contributed by atoms with Gasteiger partial charge in [0.25, 0.3) is 0 Å². The van der Waals surface area contributed by atoms with E-state index in [1.165, 1.54) is 0 Å². The van der Waals surface area contributed by atoms with Gasteiger partial charge in [0.05, 0.1) is 0 Å². The Morgan fingerprint density at radius 1 is 1.14 bits per heavy atom. The first-order valence-corrected chi connectivity index (χ1v) is 4.60. The molecule has 0 bridgehead atoms. The molecule has 0 saturated carbocycles. The highest BCUT2D eigenvalue weighted by Gasteiger charge is 2.08. The Morgan fingerprint density at radius 3 is 2.36 bits per heavy atom. The number of amides is 1. The lowest BCUT2D eigenvalue weighted by Crippen LogP contribution is -2.32. The molecular weight excluding hydrogens is 186 g/mol. The summed E-state index contributed by atoms with van der Waals surface area (Å²) in [5.74, 6) is -2.40. The minimum Gasteiger partial charge on any atom is -0.474 e. The van der Waals surface area contributed by atoms with Gasteiger partial charge in [-0.1, -0.05) is 0 Å². The summed E-state index contributed by atoms with van der Waals surface area (Å²) >= 11 is 0. The molecule has 0 radical (unpaired) electrons. The number of nitrogens with one attached hydrogen (secondary N) is 2. The van der Waals surface area contributed by atoms with Gasteiger partial charge in [-0.05, 0) is 32.5 Å². The summed E-state index contributed by atoms with van der Waals surface area (Å²) in [6.45, 7) is 2.63. The fourth-order valence-corrected chi connectivity index (χ4v) is 0.843. The summed E-state index contributed by atoms with van der Waals surface area (Å²) < 4.78 is 0. The standard InChI is InChI=1S/C8H17N3O3/c9-3-1-4-10-5-2-6-11-7(12)8(13)14/h10H,1-6,9H2,(H,11,12)(H,13,14). The van der Waals surface area contributed by atoms with Crippen LogP contribution in [-0.4, -0.2) is 43.2 Å². The molecule has 6 nitrogen and oxygen atoms in total. The maximum Gasteiger partial charge on any atom is 0.394 e. The number of hydrogen-bond acceptors (Lipinski definition) is 4. The Kier molecular flexibility index (Phi) is 7.77. The molecule has 6 heteroatoms. The van der Waals surface area contributed by atoms with Crippen molar-refractivity contribution in [3.63, 3.8) is 0 Å². The predicted octanol–water partition coefficient (Wildman–Crippen LogP) is -1.48. The number of carbonyl (C=O) groups is 2. The van der Waals surface area contributed by atoms with Gasteiger partial charge in [0.2, 0.25) is 0 Å². The topological polar surface area (TPSA) is 104 Å². The average Bonchev–Trinajstić information content (AvgIpc) is 2.16. The lowest BCUT2D eigenvalue weighted by atomic mass is 10.4. The molecule has 82 valence electrons. The molecule has 14 heavy (non-hydrogen) atoms. The zero-order valence-corrected chi connectivity index (χ0v) is 8.08. The molecule has 1 amide bonds. The molecule has 5 N–H and O–H groups in total. The molecule has 0 aromatic rings. The zero-order valence-electron chi connectivity index (χ0n) is 8.08. The first-order chi connectivity index (χ1) is 6.68. The van der Waals surface area contributed by atoms with E-state index in [1.54, 1.807) is 0 Å². The van der Waals surface area contributed by atoms with Crippen LogP contribution in [0.4, 0.5) is 0 Å². The Bertz CT molecular complexity index is 185. The number of aliphatic carboxylic acids is 1. The maximum atomic E-state index is 10.5. The van der Waals surface area contributed by atoms with Crippen LogP contribution in [0.2, 0.25) is 0 Å². The van der Waals surface area contributed by atoms with Crippen molar-refractivity contribution in [2.45, 2.75) is 12.8 Å². The van der Waals surface area contributed by atoms with E-state index in [4.69, 9.17) is 10.8 Å². The summed E-state index contributed by atoms with van der Waals surface area (Å²) in [7, 11) is 0. The van der Waals surface area contributed by atoms with Crippen molar-refractivity contribution in [1.29, 1.82) is 0 Å². The lowest BCUT2D eigenvalue weighted by Gasteiger charge is -2.03. The highest BCUT2D eigenvalue weighted by atomic mass is 16.4. The molecule has 0 aliphatic heterocycles. The highest BCUT2D eigenvalue weighted by molar-refractivity contribution is 6.31. The van der Waals surface area contributed by atoms with Crippen molar-refractivity contribution >= 4 is 11.9 Å². The summed E-state index contributed by atoms with van der Waals surface area (Å²) in [6, 6.07) is 0. The molecule has 0 aliphatic carbocycles. The van der Waals surface area contributed by atoms with E-state index in [-0.39, 0.29) is 0 Å². The number of carboxylic acids is 1. The molecule has 0 aromatic carbocycles. The normalized spacial score (nSPS) is 9.79. The number of rotatable bonds is 7. The smallest absolute Gasteiger partial charge is 0.394 e. The van der Waals surface area contributed by atoms with Gasteiger partial charge in [-0.15, -0.1) is 0 Å². The molecule has 0 unspecified atom stereocenters. The second-order valence-corrected chi connectivity index (χ2v) is 2.81. The van der Waals surface area contributed by atoms with Crippen molar-refractivity contribution < 1.29 is 14.7 Å². The van der Waals surface area contributed by atoms with E-state index in [2.05, 4.69) is 10.6 Å². The molecule has 0 rings (SSSR count). The quantitative estimate of drug-likeness (QED) is 0.298. The van der Waals surface area contributed by atoms with Crippen LogP contribution < -0.4 is 16.4 Å². The zero-order chi connectivity index (χ0) is 10.8. The van der Waals surface area contributed by atoms with Crippen molar-refractivity contribution in [3.05, 3.63) is 0 Å². The van der Waals surface area contributed by atoms with Gasteiger partial charge in [-0.3, -0.25) is 4.79 Å². The molecule has 0 spiro atoms. The Morgan fingerprint density at radius 2 is 1.79 bits per heavy atom. The summed E-state index contributed by atoms with van der Waals surface area (Å²) in [5, 5.41) is 13.6. The number of carbonyl (C=O) groups excluding carboxylic acids is 1. The Labute approximate surface area is 82.9 Å². The third-order valence-corrected chi connectivity index (χ3v) is 1.57. The molecule has 0 fully saturated rings. The van der Waals surface area contributed by atoms with Crippen LogP contribution in [0.15, 0.2) is 0 Å². The highest BCUT2D eigenvalue weighted by Crippen LogP contribution is 1.76. The van der Waals surface area contributed by atoms with Crippen molar-refractivity contribution in [3.8, 4) is 0 Å². The van der Waals surface area contributed by atoms with Gasteiger partial charge in [-0.25, -0.2) is 4.79 Å². The van der Waals surface area contributed by atoms with Crippen molar-refractivity contribution in [1.82, 2.24) is 10.6 Å². The monoisotopic (exact) mass is 203 g/mol. The van der Waals surface area contributed by atoms with Crippen molar-refractivity contribution in [2.75, 3.05) is 26.2 Å². The molecule has 0 saturated heterocycles. The van der Waals surface area contributed by atoms with Crippen LogP contribution in [0.25, 0.3) is 0 Å². The first kappa shape index (κ1) is 12.9. The van der Waals surface area contributed by atoms with Gasteiger partial charge in [-0.2, -0.15) is 0 Å². The number of carboxylic acid groups (broad SMARTS) is 1. The van der Waals surface area contributed by atoms with E-state index in [1.807, 2.05) is 0 Å². The summed E-state index contributed by atoms with van der Waals surface area (Å²) in [6.07, 6.45) is 1.63. The van der Waals surface area contributed by atoms with E-state index >= 15 is 0 Å². The Hall–Kier alpha value is -1.14. The minimum atomic E-state index is -1.44. The van der Waals surface area contributed by atoms with Crippen LogP contribution in [0, 0.1) is 0 Å². The van der Waals surface area contributed by atoms with Crippen LogP contribution in [0.5, 0.6) is 0 Å². The van der Waals surface area contributed by atoms with Gasteiger partial charge >= 0.3 is 11.9 Å². The third-order valence-electron chi connectivity index (χ3n) is 1.57. The fraction of sp³-hybridized carbons (Fsp3) is 0.750. The van der Waals surface area contributed by atoms with E-state index < -0.39 is 11.9 Å². The average molecular weight is 203 g/mol. The van der Waals surface area contributed by atoms with Crippen LogP contribution >= 0.6 is 0 Å². The fourth-order valence-electron chi connectivity index (χ4n) is 0.843. The second-order valence-electron chi connectivity index (χ2n) is 2.81. The summed E-state index contributed by atoms with van der Waals surface area (Å²) in [5.41, 5.74) is 5.28. The number of hydrogen-bond donors (Lipinski definition) is 4. The Balaban J connectivity index is 3.13. The molecular formula is C8H17N3O3. The predicted molar refractivity (Wildman–Crippen MR) is 51.8 cm³/mol.